The van der Waals surface area contributed by atoms with Crippen LogP contribution in [0.3, 0.4) is 0 Å². The highest BCUT2D eigenvalue weighted by Crippen LogP contribution is 2.20. The average molecular weight is 318 g/mol. The summed E-state index contributed by atoms with van der Waals surface area (Å²) in [4.78, 5) is 18.0. The molecule has 0 radical (unpaired) electrons. The topological polar surface area (TPSA) is 23.6 Å². The summed E-state index contributed by atoms with van der Waals surface area (Å²) in [6.07, 6.45) is 9.57. The first-order valence-corrected chi connectivity index (χ1v) is 9.39. The molecule has 0 saturated carbocycles. The monoisotopic (exact) mass is 318 g/mol. The molecule has 1 amide bonds. The van der Waals surface area contributed by atoms with E-state index in [9.17, 15) is 4.79 Å². The zero-order valence-corrected chi connectivity index (χ0v) is 14.1. The molecule has 0 atom stereocenters. The Hall–Kier alpha value is -1.13. The van der Waals surface area contributed by atoms with Crippen molar-refractivity contribution >= 4 is 17.2 Å². The molecule has 120 valence electrons. The van der Waals surface area contributed by atoms with Crippen molar-refractivity contribution in [3.05, 3.63) is 34.0 Å². The zero-order chi connectivity index (χ0) is 15.2. The molecule has 2 heterocycles. The molecule has 0 aromatic carbocycles. The predicted molar refractivity (Wildman–Crippen MR) is 92.2 cm³/mol. The third-order valence-corrected chi connectivity index (χ3v) is 5.64. The van der Waals surface area contributed by atoms with E-state index in [1.165, 1.54) is 43.5 Å². The number of hydrogen-bond acceptors (Lipinski definition) is 3. The predicted octanol–water partition coefficient (Wildman–Crippen LogP) is 3.33. The van der Waals surface area contributed by atoms with Gasteiger partial charge in [-0.15, -0.1) is 11.3 Å². The van der Waals surface area contributed by atoms with Crippen LogP contribution >= 0.6 is 11.3 Å². The molecule has 1 aliphatic heterocycles. The van der Waals surface area contributed by atoms with E-state index in [0.717, 1.165) is 26.2 Å². The molecule has 3 nitrogen and oxygen atoms in total. The van der Waals surface area contributed by atoms with Crippen LogP contribution in [-0.2, 0) is 11.2 Å². The summed E-state index contributed by atoms with van der Waals surface area (Å²) in [6, 6.07) is 4.07. The molecule has 1 aromatic rings. The fraction of sp³-hybridized carbons (Fsp3) is 0.611. The number of amides is 1. The molecule has 0 unspecified atom stereocenters. The van der Waals surface area contributed by atoms with E-state index < -0.39 is 0 Å². The maximum Gasteiger partial charge on any atom is 0.227 e. The Morgan fingerprint density at radius 2 is 2.05 bits per heavy atom. The standard InChI is InChI=1S/C18H26N2OS/c21-18(15-17-7-4-14-22-17)20-12-10-19(11-13-20)9-8-16-5-2-1-3-6-16/h4-5,7,14H,1-3,6,8-13,15H2. The normalized spacial score (nSPS) is 20.0. The van der Waals surface area contributed by atoms with Crippen molar-refractivity contribution in [2.45, 2.75) is 38.5 Å². The first-order valence-electron chi connectivity index (χ1n) is 8.52. The van der Waals surface area contributed by atoms with Crippen LogP contribution in [0.2, 0.25) is 0 Å². The summed E-state index contributed by atoms with van der Waals surface area (Å²) in [5, 5.41) is 2.04. The molecular formula is C18H26N2OS. The number of thiophene rings is 1. The summed E-state index contributed by atoms with van der Waals surface area (Å²) in [5.74, 6) is 0.289. The van der Waals surface area contributed by atoms with E-state index in [1.54, 1.807) is 16.9 Å². The Labute approximate surface area is 137 Å². The number of carbonyl (C=O) groups is 1. The van der Waals surface area contributed by atoms with Gasteiger partial charge in [0.25, 0.3) is 0 Å². The lowest BCUT2D eigenvalue weighted by atomic mass is 9.97. The minimum absolute atomic E-state index is 0.289. The Balaban J connectivity index is 1.38. The minimum atomic E-state index is 0.289. The van der Waals surface area contributed by atoms with Crippen LogP contribution in [0.15, 0.2) is 29.2 Å². The van der Waals surface area contributed by atoms with Crippen LogP contribution in [0.25, 0.3) is 0 Å². The molecule has 1 aromatic heterocycles. The second-order valence-corrected chi connectivity index (χ2v) is 7.37. The fourth-order valence-electron chi connectivity index (χ4n) is 3.33. The molecule has 22 heavy (non-hydrogen) atoms. The van der Waals surface area contributed by atoms with Crippen molar-refractivity contribution in [3.63, 3.8) is 0 Å². The van der Waals surface area contributed by atoms with Gasteiger partial charge in [-0.1, -0.05) is 17.7 Å². The first-order chi connectivity index (χ1) is 10.8. The van der Waals surface area contributed by atoms with E-state index in [1.807, 2.05) is 16.3 Å². The molecular weight excluding hydrogens is 292 g/mol. The van der Waals surface area contributed by atoms with Crippen LogP contribution in [0.4, 0.5) is 0 Å². The van der Waals surface area contributed by atoms with Crippen LogP contribution < -0.4 is 0 Å². The van der Waals surface area contributed by atoms with Crippen molar-refractivity contribution in [2.75, 3.05) is 32.7 Å². The van der Waals surface area contributed by atoms with Gasteiger partial charge in [-0.05, 0) is 43.6 Å². The van der Waals surface area contributed by atoms with Crippen molar-refractivity contribution in [2.24, 2.45) is 0 Å². The number of carbonyl (C=O) groups excluding carboxylic acids is 1. The number of allylic oxidation sites excluding steroid dienone is 1. The van der Waals surface area contributed by atoms with Crippen LogP contribution in [0, 0.1) is 0 Å². The van der Waals surface area contributed by atoms with Gasteiger partial charge in [-0.2, -0.15) is 0 Å². The third-order valence-electron chi connectivity index (χ3n) is 4.76. The summed E-state index contributed by atoms with van der Waals surface area (Å²) in [5.41, 5.74) is 1.66. The van der Waals surface area contributed by atoms with Crippen LogP contribution in [0.5, 0.6) is 0 Å². The molecule has 1 fully saturated rings. The lowest BCUT2D eigenvalue weighted by molar-refractivity contribution is -0.132. The number of rotatable bonds is 5. The van der Waals surface area contributed by atoms with Crippen molar-refractivity contribution in [3.8, 4) is 0 Å². The third kappa shape index (κ3) is 4.43. The van der Waals surface area contributed by atoms with Gasteiger partial charge in [0, 0.05) is 37.6 Å². The fourth-order valence-corrected chi connectivity index (χ4v) is 4.02. The SMILES string of the molecule is O=C(Cc1cccs1)N1CCN(CCC2=CCCCC2)CC1. The number of piperazine rings is 1. The van der Waals surface area contributed by atoms with Crippen molar-refractivity contribution in [1.29, 1.82) is 0 Å². The Morgan fingerprint density at radius 1 is 1.18 bits per heavy atom. The zero-order valence-electron chi connectivity index (χ0n) is 13.3. The highest BCUT2D eigenvalue weighted by molar-refractivity contribution is 7.10. The van der Waals surface area contributed by atoms with Gasteiger partial charge in [-0.3, -0.25) is 9.69 Å². The molecule has 0 N–H and O–H groups in total. The highest BCUT2D eigenvalue weighted by Gasteiger charge is 2.21. The summed E-state index contributed by atoms with van der Waals surface area (Å²) in [6.45, 7) is 5.01. The van der Waals surface area contributed by atoms with Gasteiger partial charge in [0.2, 0.25) is 5.91 Å². The molecule has 3 rings (SSSR count). The summed E-state index contributed by atoms with van der Waals surface area (Å²) in [7, 11) is 0. The Morgan fingerprint density at radius 3 is 2.73 bits per heavy atom. The molecule has 1 aliphatic carbocycles. The highest BCUT2D eigenvalue weighted by atomic mass is 32.1. The largest absolute Gasteiger partial charge is 0.340 e. The van der Waals surface area contributed by atoms with Gasteiger partial charge in [0.05, 0.1) is 6.42 Å². The molecule has 0 bridgehead atoms. The first kappa shape index (κ1) is 15.8. The smallest absolute Gasteiger partial charge is 0.227 e. The second-order valence-electron chi connectivity index (χ2n) is 6.34. The molecule has 4 heteroatoms. The lowest BCUT2D eigenvalue weighted by Crippen LogP contribution is -2.49. The van der Waals surface area contributed by atoms with Crippen molar-refractivity contribution < 1.29 is 4.79 Å². The van der Waals surface area contributed by atoms with Gasteiger partial charge in [0.15, 0.2) is 0 Å². The quantitative estimate of drug-likeness (QED) is 0.778. The van der Waals surface area contributed by atoms with Crippen LogP contribution in [-0.4, -0.2) is 48.4 Å². The van der Waals surface area contributed by atoms with Gasteiger partial charge in [-0.25, -0.2) is 0 Å². The summed E-state index contributed by atoms with van der Waals surface area (Å²) < 4.78 is 0. The van der Waals surface area contributed by atoms with Crippen LogP contribution in [0.1, 0.15) is 37.0 Å². The maximum atomic E-state index is 12.3. The van der Waals surface area contributed by atoms with E-state index in [0.29, 0.717) is 6.42 Å². The lowest BCUT2D eigenvalue weighted by Gasteiger charge is -2.35. The maximum absolute atomic E-state index is 12.3. The molecule has 2 aliphatic rings. The van der Waals surface area contributed by atoms with Gasteiger partial charge >= 0.3 is 0 Å². The average Bonchev–Trinajstić information content (AvgIpc) is 3.07. The molecule has 1 saturated heterocycles. The van der Waals surface area contributed by atoms with Crippen molar-refractivity contribution in [1.82, 2.24) is 9.80 Å². The Kier molecular flexibility index (Phi) is 5.68. The van der Waals surface area contributed by atoms with E-state index >= 15 is 0 Å². The van der Waals surface area contributed by atoms with E-state index in [2.05, 4.69) is 17.0 Å². The summed E-state index contributed by atoms with van der Waals surface area (Å²) >= 11 is 1.68. The minimum Gasteiger partial charge on any atom is -0.340 e. The number of hydrogen-bond donors (Lipinski definition) is 0. The molecule has 0 spiro atoms. The van der Waals surface area contributed by atoms with Gasteiger partial charge in [0.1, 0.15) is 0 Å². The van der Waals surface area contributed by atoms with Gasteiger partial charge < -0.3 is 4.90 Å². The van der Waals surface area contributed by atoms with E-state index in [4.69, 9.17) is 0 Å². The second kappa shape index (κ2) is 7.93. The number of nitrogens with zero attached hydrogens (tertiary/aromatic N) is 2. The van der Waals surface area contributed by atoms with E-state index in [-0.39, 0.29) is 5.91 Å². The Bertz CT molecular complexity index is 501.